The quantitative estimate of drug-likeness (QED) is 0.310. The Morgan fingerprint density at radius 2 is 1.84 bits per heavy atom. The monoisotopic (exact) mass is 448 g/mol. The van der Waals surface area contributed by atoms with Gasteiger partial charge in [-0.1, -0.05) is 12.1 Å². The number of nitro benzene ring substituents is 1. The summed E-state index contributed by atoms with van der Waals surface area (Å²) in [5, 5.41) is 19.8. The zero-order chi connectivity index (χ0) is 23.8. The Morgan fingerprint density at radius 3 is 2.44 bits per heavy atom. The first-order valence-corrected chi connectivity index (χ1v) is 8.75. The molecular weight excluding hydrogens is 433 g/mol. The summed E-state index contributed by atoms with van der Waals surface area (Å²) in [7, 11) is 1.91. The van der Waals surface area contributed by atoms with Crippen molar-refractivity contribution in [3.05, 3.63) is 52.7 Å². The molecule has 2 aromatic carbocycles. The van der Waals surface area contributed by atoms with Crippen LogP contribution in [-0.4, -0.2) is 36.7 Å². The van der Waals surface area contributed by atoms with E-state index in [2.05, 4.69) is 9.97 Å². The van der Waals surface area contributed by atoms with Gasteiger partial charge in [-0.05, 0) is 17.7 Å². The Hall–Kier alpha value is -4.42. The van der Waals surface area contributed by atoms with Crippen LogP contribution in [0.25, 0.3) is 32.9 Å². The fourth-order valence-electron chi connectivity index (χ4n) is 3.17. The number of fused-ring (bicyclic) bond motifs is 3. The number of hydrogen-bond donors (Lipinski definition) is 3. The highest BCUT2D eigenvalue weighted by atomic mass is 19.4. The summed E-state index contributed by atoms with van der Waals surface area (Å²) in [5.41, 5.74) is 14.8. The van der Waals surface area contributed by atoms with Crippen molar-refractivity contribution in [1.29, 1.82) is 0 Å². The van der Waals surface area contributed by atoms with Crippen molar-refractivity contribution < 1.29 is 28.0 Å². The lowest BCUT2D eigenvalue weighted by Crippen LogP contribution is -2.21. The molecule has 166 valence electrons. The Morgan fingerprint density at radius 1 is 1.19 bits per heavy atom. The van der Waals surface area contributed by atoms with E-state index in [-0.39, 0.29) is 11.6 Å². The Bertz CT molecular complexity index is 1370. The molecule has 0 radical (unpaired) electrons. The lowest BCUT2D eigenvalue weighted by Gasteiger charge is -2.11. The first-order chi connectivity index (χ1) is 14.9. The zero-order valence-corrected chi connectivity index (χ0v) is 16.3. The first-order valence-electron chi connectivity index (χ1n) is 8.75. The number of benzene rings is 2. The third-order valence-corrected chi connectivity index (χ3v) is 4.47. The average molecular weight is 448 g/mol. The average Bonchev–Trinajstić information content (AvgIpc) is 3.08. The summed E-state index contributed by atoms with van der Waals surface area (Å²) in [4.78, 5) is 27.9. The van der Waals surface area contributed by atoms with Crippen molar-refractivity contribution in [1.82, 2.24) is 14.5 Å². The van der Waals surface area contributed by atoms with Gasteiger partial charge in [0.1, 0.15) is 5.82 Å². The molecule has 2 aromatic heterocycles. The highest BCUT2D eigenvalue weighted by Crippen LogP contribution is 2.37. The van der Waals surface area contributed by atoms with Crippen molar-refractivity contribution >= 4 is 45.2 Å². The van der Waals surface area contributed by atoms with Crippen LogP contribution in [0.1, 0.15) is 0 Å². The number of aryl methyl sites for hydroxylation is 1. The molecule has 0 unspecified atom stereocenters. The van der Waals surface area contributed by atoms with E-state index in [0.29, 0.717) is 11.3 Å². The number of carbonyl (C=O) groups is 1. The van der Waals surface area contributed by atoms with Gasteiger partial charge in [-0.3, -0.25) is 10.1 Å². The normalized spacial score (nSPS) is 11.2. The highest BCUT2D eigenvalue weighted by Gasteiger charge is 2.38. The standard InChI is InChI=1S/C17H14N6O2.C2HF3O2/c1-22-6-5-11-14-13(20-17(19)21-16(14)18)8-12(15(11)22)9-3-2-4-10(7-9)23(24)25;3-2(4,5)1(6)7/h2-8H,1H3,(H4,18,19,20,21);(H,6,7). The SMILES string of the molecule is Cn1ccc2c3c(N)nc(N)nc3cc(-c3cccc([N+](=O)[O-])c3)c21.O=C(O)C(F)(F)F. The van der Waals surface area contributed by atoms with Gasteiger partial charge in [0.25, 0.3) is 5.69 Å². The second kappa shape index (κ2) is 8.02. The second-order valence-electron chi connectivity index (χ2n) is 6.58. The van der Waals surface area contributed by atoms with E-state index in [1.54, 1.807) is 12.1 Å². The fourth-order valence-corrected chi connectivity index (χ4v) is 3.17. The van der Waals surface area contributed by atoms with Crippen molar-refractivity contribution in [3.63, 3.8) is 0 Å². The number of carboxylic acids is 1. The first kappa shape index (κ1) is 22.3. The van der Waals surface area contributed by atoms with Crippen LogP contribution >= 0.6 is 0 Å². The molecule has 4 rings (SSSR count). The molecule has 0 atom stereocenters. The maximum Gasteiger partial charge on any atom is 0.490 e. The number of carboxylic acid groups (broad SMARTS) is 1. The molecule has 4 aromatic rings. The van der Waals surface area contributed by atoms with Crippen LogP contribution in [0.3, 0.4) is 0 Å². The molecule has 0 aliphatic carbocycles. The number of hydrogen-bond acceptors (Lipinski definition) is 7. The van der Waals surface area contributed by atoms with E-state index in [1.165, 1.54) is 6.07 Å². The number of nitrogen functional groups attached to an aromatic ring is 2. The number of nitrogens with two attached hydrogens (primary N) is 2. The van der Waals surface area contributed by atoms with Crippen molar-refractivity contribution in [2.45, 2.75) is 6.18 Å². The third-order valence-electron chi connectivity index (χ3n) is 4.47. The molecule has 32 heavy (non-hydrogen) atoms. The summed E-state index contributed by atoms with van der Waals surface area (Å²) in [6.45, 7) is 0. The second-order valence-corrected chi connectivity index (χ2v) is 6.58. The smallest absolute Gasteiger partial charge is 0.475 e. The summed E-state index contributed by atoms with van der Waals surface area (Å²) in [5.74, 6) is -2.36. The fraction of sp³-hybridized carbons (Fsp3) is 0.105. The Kier molecular flexibility index (Phi) is 5.58. The van der Waals surface area contributed by atoms with Gasteiger partial charge in [-0.25, -0.2) is 9.78 Å². The van der Waals surface area contributed by atoms with Crippen molar-refractivity contribution in [2.24, 2.45) is 7.05 Å². The molecule has 2 heterocycles. The van der Waals surface area contributed by atoms with Crippen LogP contribution in [0.5, 0.6) is 0 Å². The maximum atomic E-state index is 11.1. The molecule has 0 spiro atoms. The Balaban J connectivity index is 0.000000360. The lowest BCUT2D eigenvalue weighted by atomic mass is 9.99. The van der Waals surface area contributed by atoms with E-state index in [4.69, 9.17) is 21.4 Å². The predicted molar refractivity (Wildman–Crippen MR) is 111 cm³/mol. The largest absolute Gasteiger partial charge is 0.490 e. The number of rotatable bonds is 2. The number of alkyl halides is 3. The predicted octanol–water partition coefficient (Wildman–Crippen LogP) is 3.49. The van der Waals surface area contributed by atoms with Gasteiger partial charge in [-0.15, -0.1) is 0 Å². The van der Waals surface area contributed by atoms with E-state index in [0.717, 1.165) is 27.4 Å². The molecule has 5 N–H and O–H groups in total. The molecule has 10 nitrogen and oxygen atoms in total. The zero-order valence-electron chi connectivity index (χ0n) is 16.3. The lowest BCUT2D eigenvalue weighted by molar-refractivity contribution is -0.384. The van der Waals surface area contributed by atoms with E-state index in [1.807, 2.05) is 36.0 Å². The topological polar surface area (TPSA) is 163 Å². The summed E-state index contributed by atoms with van der Waals surface area (Å²) in [6.07, 6.45) is -3.18. The van der Waals surface area contributed by atoms with Crippen molar-refractivity contribution in [3.8, 4) is 11.1 Å². The van der Waals surface area contributed by atoms with Crippen LogP contribution in [0.4, 0.5) is 30.6 Å². The number of anilines is 2. The molecule has 0 aliphatic rings. The number of nitrogens with zero attached hydrogens (tertiary/aromatic N) is 4. The minimum absolute atomic E-state index is 0.0293. The molecule has 0 fully saturated rings. The molecule has 0 amide bonds. The molecular formula is C19H15F3N6O4. The van der Waals surface area contributed by atoms with Gasteiger partial charge >= 0.3 is 12.1 Å². The van der Waals surface area contributed by atoms with Gasteiger partial charge in [0.15, 0.2) is 0 Å². The van der Waals surface area contributed by atoms with E-state index >= 15 is 0 Å². The van der Waals surface area contributed by atoms with E-state index < -0.39 is 17.1 Å². The number of non-ortho nitro benzene ring substituents is 1. The molecule has 13 heteroatoms. The number of aromatic nitrogens is 3. The number of nitro groups is 1. The minimum Gasteiger partial charge on any atom is -0.475 e. The highest BCUT2D eigenvalue weighted by molar-refractivity contribution is 6.15. The third kappa shape index (κ3) is 4.21. The van der Waals surface area contributed by atoms with E-state index in [9.17, 15) is 23.3 Å². The summed E-state index contributed by atoms with van der Waals surface area (Å²) in [6, 6.07) is 10.3. The molecule has 0 saturated heterocycles. The number of halogens is 3. The van der Waals surface area contributed by atoms with Crippen LogP contribution in [0.2, 0.25) is 0 Å². The van der Waals surface area contributed by atoms with Crippen molar-refractivity contribution in [2.75, 3.05) is 11.5 Å². The summed E-state index contributed by atoms with van der Waals surface area (Å²) < 4.78 is 33.7. The summed E-state index contributed by atoms with van der Waals surface area (Å²) >= 11 is 0. The van der Waals surface area contributed by atoms with Gasteiger partial charge in [0, 0.05) is 36.3 Å². The molecule has 0 saturated carbocycles. The maximum absolute atomic E-state index is 11.1. The van der Waals surface area contributed by atoms with Gasteiger partial charge in [-0.2, -0.15) is 18.2 Å². The van der Waals surface area contributed by atoms with Crippen LogP contribution < -0.4 is 11.5 Å². The molecule has 0 aliphatic heterocycles. The molecule has 0 bridgehead atoms. The number of aliphatic carboxylic acids is 1. The minimum atomic E-state index is -5.08. The van der Waals surface area contributed by atoms with Gasteiger partial charge in [0.2, 0.25) is 5.95 Å². The van der Waals surface area contributed by atoms with Crippen LogP contribution in [-0.2, 0) is 11.8 Å². The van der Waals surface area contributed by atoms with Gasteiger partial charge < -0.3 is 21.1 Å². The van der Waals surface area contributed by atoms with Crippen LogP contribution in [0.15, 0.2) is 42.6 Å². The Labute approximate surface area is 177 Å². The van der Waals surface area contributed by atoms with Gasteiger partial charge in [0.05, 0.1) is 21.3 Å². The van der Waals surface area contributed by atoms with Crippen LogP contribution in [0, 0.1) is 10.1 Å².